The van der Waals surface area contributed by atoms with Crippen molar-refractivity contribution >= 4 is 14.0 Å². The molecule has 0 spiro atoms. The van der Waals surface area contributed by atoms with Gasteiger partial charge >= 0.3 is 5.97 Å². The number of carbonyl (C=O) groups excluding carboxylic acids is 1. The van der Waals surface area contributed by atoms with Gasteiger partial charge in [-0.15, -0.1) is 5.54 Å². The molecule has 2 atom stereocenters. The van der Waals surface area contributed by atoms with Gasteiger partial charge in [0, 0.05) is 6.08 Å². The first-order valence-corrected chi connectivity index (χ1v) is 9.57. The van der Waals surface area contributed by atoms with Gasteiger partial charge in [0.05, 0.1) is 7.11 Å². The molecule has 0 aliphatic rings. The lowest BCUT2D eigenvalue weighted by Gasteiger charge is -2.31. The largest absolute Gasteiger partial charge is 0.466 e. The van der Waals surface area contributed by atoms with Crippen LogP contribution in [0.25, 0.3) is 0 Å². The fraction of sp³-hybridized carbons (Fsp3) is 0.667. The van der Waals surface area contributed by atoms with Crippen LogP contribution in [-0.2, 0) is 9.53 Å². The molecule has 0 bridgehead atoms. The Morgan fingerprint density at radius 2 is 1.80 bits per heavy atom. The molecule has 0 aromatic rings. The van der Waals surface area contributed by atoms with Crippen molar-refractivity contribution < 1.29 is 19.7 Å². The number of esters is 1. The predicted molar refractivity (Wildman–Crippen MR) is 82.8 cm³/mol. The normalized spacial score (nSPS) is 15.9. The summed E-state index contributed by atoms with van der Waals surface area (Å²) in [5.41, 5.74) is 3.46. The van der Waals surface area contributed by atoms with Gasteiger partial charge in [-0.05, 0) is 17.5 Å². The average molecular weight is 298 g/mol. The maximum atomic E-state index is 11.1. The van der Waals surface area contributed by atoms with E-state index >= 15 is 0 Å². The first-order chi connectivity index (χ1) is 8.92. The zero-order chi connectivity index (χ0) is 16.1. The summed E-state index contributed by atoms with van der Waals surface area (Å²) in [5, 5.41) is 19.9. The Hall–Kier alpha value is -1.09. The number of hydrogen-bond acceptors (Lipinski definition) is 4. The number of carbonyl (C=O) groups is 1. The van der Waals surface area contributed by atoms with Crippen LogP contribution in [0.15, 0.2) is 11.6 Å². The lowest BCUT2D eigenvalue weighted by molar-refractivity contribution is -0.135. The van der Waals surface area contributed by atoms with E-state index in [1.54, 1.807) is 6.92 Å². The summed E-state index contributed by atoms with van der Waals surface area (Å²) in [6, 6.07) is 0. The van der Waals surface area contributed by atoms with Crippen LogP contribution in [0.5, 0.6) is 0 Å². The Morgan fingerprint density at radius 1 is 1.30 bits per heavy atom. The van der Waals surface area contributed by atoms with Crippen molar-refractivity contribution in [2.75, 3.05) is 7.11 Å². The molecule has 0 amide bonds. The van der Waals surface area contributed by atoms with Crippen molar-refractivity contribution in [2.24, 2.45) is 0 Å². The first-order valence-electron chi connectivity index (χ1n) is 6.57. The minimum atomic E-state index is -1.83. The molecular weight excluding hydrogens is 272 g/mol. The van der Waals surface area contributed by atoms with E-state index in [4.69, 9.17) is 0 Å². The number of ether oxygens (including phenoxy) is 1. The average Bonchev–Trinajstić information content (AvgIpc) is 2.33. The summed E-state index contributed by atoms with van der Waals surface area (Å²) in [6.07, 6.45) is -1.24. The topological polar surface area (TPSA) is 66.8 Å². The van der Waals surface area contributed by atoms with Crippen molar-refractivity contribution in [1.29, 1.82) is 0 Å². The van der Waals surface area contributed by atoms with E-state index in [-0.39, 0.29) is 5.04 Å². The summed E-state index contributed by atoms with van der Waals surface area (Å²) in [4.78, 5) is 11.1. The molecule has 0 rings (SSSR count). The molecule has 0 radical (unpaired) electrons. The number of rotatable bonds is 3. The Bertz CT molecular complexity index is 435. The molecule has 0 fully saturated rings. The molecule has 0 saturated carbocycles. The van der Waals surface area contributed by atoms with Gasteiger partial charge in [-0.2, -0.15) is 0 Å². The highest BCUT2D eigenvalue weighted by Gasteiger charge is 2.34. The fourth-order valence-corrected chi connectivity index (χ4v) is 1.98. The molecule has 0 unspecified atom stereocenters. The van der Waals surface area contributed by atoms with Gasteiger partial charge in [0.15, 0.2) is 0 Å². The molecule has 0 saturated heterocycles. The molecule has 4 nitrogen and oxygen atoms in total. The summed E-state index contributed by atoms with van der Waals surface area (Å²) in [7, 11) is -0.574. The number of aliphatic hydroxyl groups is 2. The molecule has 0 aliphatic heterocycles. The molecule has 2 N–H and O–H groups in total. The SMILES string of the molecule is COC(=O)/C=C(\C)[C@H](O)[C@@H](O)C#C[Si](C)(C)C(C)(C)C. The van der Waals surface area contributed by atoms with E-state index in [1.165, 1.54) is 7.11 Å². The first kappa shape index (κ1) is 18.9. The third-order valence-corrected chi connectivity index (χ3v) is 8.24. The number of aliphatic hydroxyl groups excluding tert-OH is 2. The van der Waals surface area contributed by atoms with Gasteiger partial charge in [0.1, 0.15) is 20.3 Å². The summed E-state index contributed by atoms with van der Waals surface area (Å²) in [5.74, 6) is 2.16. The van der Waals surface area contributed by atoms with Crippen LogP contribution >= 0.6 is 0 Å². The second-order valence-electron chi connectivity index (χ2n) is 6.45. The Balaban J connectivity index is 5.01. The standard InChI is InChI=1S/C15H26O4Si/c1-11(10-13(17)19-5)14(18)12(16)8-9-20(6,7)15(2,3)4/h10,12,14,16,18H,1-7H3/b11-10+/t12-,14-/m0/s1. The number of methoxy groups -OCH3 is 1. The van der Waals surface area contributed by atoms with E-state index in [0.717, 1.165) is 6.08 Å². The van der Waals surface area contributed by atoms with Crippen LogP contribution in [0.2, 0.25) is 18.1 Å². The molecule has 0 aromatic heterocycles. The molecule has 0 aliphatic carbocycles. The van der Waals surface area contributed by atoms with E-state index in [2.05, 4.69) is 50.1 Å². The molecule has 0 heterocycles. The minimum Gasteiger partial charge on any atom is -0.466 e. The van der Waals surface area contributed by atoms with Gasteiger partial charge in [-0.1, -0.05) is 39.8 Å². The lowest BCUT2D eigenvalue weighted by atomic mass is 10.1. The lowest BCUT2D eigenvalue weighted by Crippen LogP contribution is -2.36. The van der Waals surface area contributed by atoms with Crippen molar-refractivity contribution in [3.8, 4) is 11.5 Å². The van der Waals surface area contributed by atoms with E-state index in [0.29, 0.717) is 5.57 Å². The zero-order valence-electron chi connectivity index (χ0n) is 13.4. The van der Waals surface area contributed by atoms with Crippen molar-refractivity contribution in [3.05, 3.63) is 11.6 Å². The smallest absolute Gasteiger partial charge is 0.330 e. The predicted octanol–water partition coefficient (Wildman–Crippen LogP) is 1.88. The second kappa shape index (κ2) is 7.07. The molecule has 20 heavy (non-hydrogen) atoms. The summed E-state index contributed by atoms with van der Waals surface area (Å²) < 4.78 is 4.47. The monoisotopic (exact) mass is 298 g/mol. The van der Waals surface area contributed by atoms with Crippen LogP contribution < -0.4 is 0 Å². The van der Waals surface area contributed by atoms with Crippen LogP contribution in [0, 0.1) is 11.5 Å². The third-order valence-electron chi connectivity index (χ3n) is 3.72. The minimum absolute atomic E-state index is 0.0849. The highest BCUT2D eigenvalue weighted by molar-refractivity contribution is 6.87. The van der Waals surface area contributed by atoms with Gasteiger partial charge in [0.25, 0.3) is 0 Å². The van der Waals surface area contributed by atoms with Crippen LogP contribution in [0.3, 0.4) is 0 Å². The van der Waals surface area contributed by atoms with Gasteiger partial charge < -0.3 is 14.9 Å². The maximum absolute atomic E-state index is 11.1. The molecule has 0 aromatic carbocycles. The Morgan fingerprint density at radius 3 is 2.20 bits per heavy atom. The van der Waals surface area contributed by atoms with Crippen LogP contribution in [0.1, 0.15) is 27.7 Å². The Labute approximate surface area is 122 Å². The fourth-order valence-electron chi connectivity index (χ4n) is 1.10. The van der Waals surface area contributed by atoms with E-state index < -0.39 is 26.3 Å². The second-order valence-corrected chi connectivity index (χ2v) is 11.4. The highest BCUT2D eigenvalue weighted by Crippen LogP contribution is 2.35. The van der Waals surface area contributed by atoms with E-state index in [1.807, 2.05) is 0 Å². The van der Waals surface area contributed by atoms with E-state index in [9.17, 15) is 15.0 Å². The maximum Gasteiger partial charge on any atom is 0.330 e. The van der Waals surface area contributed by atoms with Crippen molar-refractivity contribution in [3.63, 3.8) is 0 Å². The zero-order valence-corrected chi connectivity index (χ0v) is 14.4. The van der Waals surface area contributed by atoms with Gasteiger partial charge in [-0.25, -0.2) is 4.79 Å². The number of hydrogen-bond donors (Lipinski definition) is 2. The van der Waals surface area contributed by atoms with Crippen LogP contribution in [-0.4, -0.2) is 43.6 Å². The molecule has 114 valence electrons. The van der Waals surface area contributed by atoms with Crippen molar-refractivity contribution in [1.82, 2.24) is 0 Å². The van der Waals surface area contributed by atoms with Crippen LogP contribution in [0.4, 0.5) is 0 Å². The summed E-state index contributed by atoms with van der Waals surface area (Å²) in [6.45, 7) is 12.2. The quantitative estimate of drug-likeness (QED) is 0.361. The third kappa shape index (κ3) is 5.49. The molecular formula is C15H26O4Si. The van der Waals surface area contributed by atoms with Gasteiger partial charge in [0.2, 0.25) is 0 Å². The van der Waals surface area contributed by atoms with Crippen molar-refractivity contribution in [2.45, 2.75) is 58.0 Å². The summed E-state index contributed by atoms with van der Waals surface area (Å²) >= 11 is 0. The highest BCUT2D eigenvalue weighted by atomic mass is 28.3. The molecule has 5 heteroatoms. The Kier molecular flexibility index (Phi) is 6.68. The van der Waals surface area contributed by atoms with Gasteiger partial charge in [-0.3, -0.25) is 0 Å².